The van der Waals surface area contributed by atoms with E-state index in [0.717, 1.165) is 5.56 Å². The minimum atomic E-state index is -0.362. The van der Waals surface area contributed by atoms with E-state index in [2.05, 4.69) is 10.4 Å². The molecule has 0 aliphatic carbocycles. The maximum absolute atomic E-state index is 13.3. The molecule has 2 aromatic heterocycles. The fourth-order valence-corrected chi connectivity index (χ4v) is 3.72. The lowest BCUT2D eigenvalue weighted by atomic mass is 10.2. The largest absolute Gasteiger partial charge is 0.497 e. The van der Waals surface area contributed by atoms with Gasteiger partial charge in [-0.15, -0.1) is 5.10 Å². The number of aryl methyl sites for hydroxylation is 1. The number of methoxy groups -OCH3 is 1. The molecule has 9 nitrogen and oxygen atoms in total. The average Bonchev–Trinajstić information content (AvgIpc) is 3.09. The number of benzene rings is 2. The quantitative estimate of drug-likeness (QED) is 0.477. The lowest BCUT2D eigenvalue weighted by Gasteiger charge is -2.11. The van der Waals surface area contributed by atoms with Crippen molar-refractivity contribution in [1.82, 2.24) is 24.1 Å². The Bertz CT molecular complexity index is 1410. The summed E-state index contributed by atoms with van der Waals surface area (Å²) in [4.78, 5) is 38.7. The number of carbonyl (C=O) groups is 1. The lowest BCUT2D eigenvalue weighted by Crippen LogP contribution is -2.32. The number of carbonyl (C=O) groups excluding carboxylic acids is 1. The summed E-state index contributed by atoms with van der Waals surface area (Å²) < 4.78 is 9.40. The van der Waals surface area contributed by atoms with Crippen LogP contribution in [0.4, 0.5) is 0 Å². The molecule has 4 aromatic rings. The molecule has 0 unspecified atom stereocenters. The summed E-state index contributed by atoms with van der Waals surface area (Å²) >= 11 is 0. The number of hydrogen-bond donors (Lipinski definition) is 1. The van der Waals surface area contributed by atoms with Crippen molar-refractivity contribution in [2.24, 2.45) is 0 Å². The Kier molecular flexibility index (Phi) is 5.81. The SMILES string of the molecule is COc1cccc(Cn2nc3n(CCC(=O)NC(C)C)c(=O)c4ccccc4n3c2=O)c1. The summed E-state index contributed by atoms with van der Waals surface area (Å²) in [6.07, 6.45) is 0.100. The van der Waals surface area contributed by atoms with Crippen molar-refractivity contribution in [3.05, 3.63) is 74.9 Å². The first-order chi connectivity index (χ1) is 15.4. The monoisotopic (exact) mass is 435 g/mol. The molecule has 4 rings (SSSR count). The third-order valence-corrected chi connectivity index (χ3v) is 5.16. The van der Waals surface area contributed by atoms with Crippen LogP contribution in [0.5, 0.6) is 5.75 Å². The maximum Gasteiger partial charge on any atom is 0.352 e. The second-order valence-corrected chi connectivity index (χ2v) is 7.87. The van der Waals surface area contributed by atoms with E-state index < -0.39 is 0 Å². The summed E-state index contributed by atoms with van der Waals surface area (Å²) in [6, 6.07) is 14.3. The molecule has 0 aliphatic heterocycles. The van der Waals surface area contributed by atoms with Crippen molar-refractivity contribution in [3.8, 4) is 5.75 Å². The molecule has 9 heteroatoms. The molecule has 0 aliphatic rings. The first-order valence-electron chi connectivity index (χ1n) is 10.4. The van der Waals surface area contributed by atoms with Gasteiger partial charge in [-0.1, -0.05) is 24.3 Å². The number of amides is 1. The summed E-state index contributed by atoms with van der Waals surface area (Å²) in [6.45, 7) is 4.08. The highest BCUT2D eigenvalue weighted by Gasteiger charge is 2.18. The highest BCUT2D eigenvalue weighted by molar-refractivity contribution is 5.80. The topological polar surface area (TPSA) is 99.6 Å². The van der Waals surface area contributed by atoms with Crippen LogP contribution in [0.25, 0.3) is 16.7 Å². The van der Waals surface area contributed by atoms with E-state index in [1.54, 1.807) is 31.4 Å². The van der Waals surface area contributed by atoms with Gasteiger partial charge in [0.2, 0.25) is 11.7 Å². The van der Waals surface area contributed by atoms with Gasteiger partial charge < -0.3 is 10.1 Å². The van der Waals surface area contributed by atoms with Crippen LogP contribution in [0.1, 0.15) is 25.8 Å². The van der Waals surface area contributed by atoms with Crippen molar-refractivity contribution in [2.45, 2.75) is 39.4 Å². The molecule has 1 N–H and O–H groups in total. The van der Waals surface area contributed by atoms with Gasteiger partial charge >= 0.3 is 5.69 Å². The summed E-state index contributed by atoms with van der Waals surface area (Å²) in [5.41, 5.74) is 0.671. The standard InChI is InChI=1S/C23H25N5O4/c1-15(2)24-20(29)11-12-26-21(30)18-9-4-5-10-19(18)28-22(26)25-27(23(28)31)14-16-7-6-8-17(13-16)32-3/h4-10,13,15H,11-12,14H2,1-3H3,(H,24,29). The van der Waals surface area contributed by atoms with E-state index in [1.165, 1.54) is 13.6 Å². The summed E-state index contributed by atoms with van der Waals surface area (Å²) in [7, 11) is 1.58. The lowest BCUT2D eigenvalue weighted by molar-refractivity contribution is -0.121. The zero-order valence-corrected chi connectivity index (χ0v) is 18.2. The highest BCUT2D eigenvalue weighted by Crippen LogP contribution is 2.14. The molecule has 0 bridgehead atoms. The van der Waals surface area contributed by atoms with Gasteiger partial charge in [0.1, 0.15) is 5.75 Å². The van der Waals surface area contributed by atoms with Crippen LogP contribution in [0.2, 0.25) is 0 Å². The molecule has 0 radical (unpaired) electrons. The maximum atomic E-state index is 13.3. The van der Waals surface area contributed by atoms with Crippen molar-refractivity contribution < 1.29 is 9.53 Å². The Morgan fingerprint density at radius 3 is 2.66 bits per heavy atom. The number of aromatic nitrogens is 4. The number of hydrogen-bond acceptors (Lipinski definition) is 5. The minimum absolute atomic E-state index is 0.000496. The van der Waals surface area contributed by atoms with E-state index in [4.69, 9.17) is 4.74 Å². The number of para-hydroxylation sites is 1. The number of nitrogens with zero attached hydrogens (tertiary/aromatic N) is 4. The number of nitrogens with one attached hydrogen (secondary N) is 1. The van der Waals surface area contributed by atoms with Gasteiger partial charge in [-0.25, -0.2) is 13.9 Å². The second-order valence-electron chi connectivity index (χ2n) is 7.87. The minimum Gasteiger partial charge on any atom is -0.497 e. The Labute approximate surface area is 183 Å². The third kappa shape index (κ3) is 4.01. The van der Waals surface area contributed by atoms with Gasteiger partial charge in [0.15, 0.2) is 0 Å². The van der Waals surface area contributed by atoms with Crippen molar-refractivity contribution in [1.29, 1.82) is 0 Å². The number of rotatable bonds is 7. The van der Waals surface area contributed by atoms with Crippen molar-refractivity contribution in [2.75, 3.05) is 7.11 Å². The van der Waals surface area contributed by atoms with Crippen molar-refractivity contribution >= 4 is 22.6 Å². The first-order valence-corrected chi connectivity index (χ1v) is 10.4. The Balaban J connectivity index is 1.84. The van der Waals surface area contributed by atoms with Gasteiger partial charge in [-0.2, -0.15) is 0 Å². The fraction of sp³-hybridized carbons (Fsp3) is 0.304. The van der Waals surface area contributed by atoms with Gasteiger partial charge in [0.25, 0.3) is 5.56 Å². The van der Waals surface area contributed by atoms with E-state index in [-0.39, 0.29) is 48.5 Å². The van der Waals surface area contributed by atoms with Crippen LogP contribution in [0.3, 0.4) is 0 Å². The molecule has 0 spiro atoms. The molecule has 0 saturated carbocycles. The molecule has 1 amide bonds. The zero-order valence-electron chi connectivity index (χ0n) is 18.2. The molecule has 166 valence electrons. The number of fused-ring (bicyclic) bond motifs is 3. The predicted octanol–water partition coefficient (Wildman–Crippen LogP) is 1.78. The van der Waals surface area contributed by atoms with Crippen LogP contribution in [0, 0.1) is 0 Å². The summed E-state index contributed by atoms with van der Waals surface area (Å²) in [5, 5.41) is 7.68. The molecular formula is C23H25N5O4. The van der Waals surface area contributed by atoms with Crippen molar-refractivity contribution in [3.63, 3.8) is 0 Å². The molecule has 0 atom stereocenters. The van der Waals surface area contributed by atoms with Gasteiger partial charge in [-0.05, 0) is 43.7 Å². The van der Waals surface area contributed by atoms with Crippen LogP contribution in [-0.4, -0.2) is 37.8 Å². The Hall–Kier alpha value is -3.88. The van der Waals surface area contributed by atoms with Gasteiger partial charge in [0, 0.05) is 19.0 Å². The van der Waals surface area contributed by atoms with Gasteiger partial charge in [0.05, 0.1) is 24.6 Å². The Morgan fingerprint density at radius 1 is 1.12 bits per heavy atom. The number of ether oxygens (including phenoxy) is 1. The molecule has 0 saturated heterocycles. The van der Waals surface area contributed by atoms with Crippen LogP contribution in [-0.2, 0) is 17.9 Å². The molecule has 2 heterocycles. The van der Waals surface area contributed by atoms with E-state index in [9.17, 15) is 14.4 Å². The van der Waals surface area contributed by atoms with E-state index in [1.807, 2.05) is 38.1 Å². The molecule has 32 heavy (non-hydrogen) atoms. The molecule has 0 fully saturated rings. The van der Waals surface area contributed by atoms with Crippen LogP contribution >= 0.6 is 0 Å². The predicted molar refractivity (Wildman–Crippen MR) is 121 cm³/mol. The molecular weight excluding hydrogens is 410 g/mol. The van der Waals surface area contributed by atoms with E-state index >= 15 is 0 Å². The second kappa shape index (κ2) is 8.70. The smallest absolute Gasteiger partial charge is 0.352 e. The fourth-order valence-electron chi connectivity index (χ4n) is 3.72. The van der Waals surface area contributed by atoms with Gasteiger partial charge in [-0.3, -0.25) is 14.2 Å². The Morgan fingerprint density at radius 2 is 1.91 bits per heavy atom. The third-order valence-electron chi connectivity index (χ3n) is 5.16. The average molecular weight is 435 g/mol. The van der Waals surface area contributed by atoms with Crippen LogP contribution < -0.4 is 21.3 Å². The van der Waals surface area contributed by atoms with E-state index in [0.29, 0.717) is 16.7 Å². The zero-order chi connectivity index (χ0) is 22.8. The normalized spacial score (nSPS) is 11.4. The highest BCUT2D eigenvalue weighted by atomic mass is 16.5. The van der Waals surface area contributed by atoms with Crippen LogP contribution in [0.15, 0.2) is 58.1 Å². The molecule has 2 aromatic carbocycles. The first kappa shape index (κ1) is 21.4. The summed E-state index contributed by atoms with van der Waals surface area (Å²) in [5.74, 6) is 0.716.